The van der Waals surface area contributed by atoms with Crippen LogP contribution in [-0.2, 0) is 13.5 Å². The molecule has 0 aliphatic rings. The summed E-state index contributed by atoms with van der Waals surface area (Å²) in [5.74, 6) is 0.753. The second-order valence-electron chi connectivity index (χ2n) is 5.42. The Balaban J connectivity index is 2.41. The molecule has 0 aliphatic carbocycles. The highest BCUT2D eigenvalue weighted by molar-refractivity contribution is 5.68. The van der Waals surface area contributed by atoms with Crippen LogP contribution in [0.5, 0.6) is 5.88 Å². The van der Waals surface area contributed by atoms with Gasteiger partial charge in [0, 0.05) is 19.8 Å². The van der Waals surface area contributed by atoms with Crippen LogP contribution in [0.15, 0.2) is 31.0 Å². The van der Waals surface area contributed by atoms with Crippen LogP contribution in [0, 0.1) is 6.92 Å². The van der Waals surface area contributed by atoms with Gasteiger partial charge in [0.15, 0.2) is 0 Å². The Hall–Kier alpha value is -2.14. The molecule has 0 saturated heterocycles. The van der Waals surface area contributed by atoms with Gasteiger partial charge in [-0.15, -0.1) is 6.58 Å². The van der Waals surface area contributed by atoms with E-state index in [0.29, 0.717) is 0 Å². The Labute approximate surface area is 132 Å². The van der Waals surface area contributed by atoms with E-state index in [4.69, 9.17) is 4.74 Å². The van der Waals surface area contributed by atoms with Gasteiger partial charge >= 0.3 is 0 Å². The summed E-state index contributed by atoms with van der Waals surface area (Å²) < 4.78 is 7.85. The molecule has 5 heteroatoms. The predicted molar refractivity (Wildman–Crippen MR) is 89.1 cm³/mol. The molecule has 0 bridgehead atoms. The third kappa shape index (κ3) is 3.54. The molecule has 0 radical (unpaired) electrons. The molecule has 1 atom stereocenters. The molecule has 5 nitrogen and oxygen atoms in total. The summed E-state index contributed by atoms with van der Waals surface area (Å²) in [6.45, 7) is 8.57. The second kappa shape index (κ2) is 7.22. The summed E-state index contributed by atoms with van der Waals surface area (Å²) in [5.41, 5.74) is 3.93. The lowest BCUT2D eigenvalue weighted by atomic mass is 10.1. The number of hydrogen-bond acceptors (Lipinski definition) is 4. The average molecular weight is 300 g/mol. The van der Waals surface area contributed by atoms with E-state index in [-0.39, 0.29) is 6.10 Å². The number of ether oxygens (including phenoxy) is 1. The van der Waals surface area contributed by atoms with Gasteiger partial charge in [-0.3, -0.25) is 4.98 Å². The smallest absolute Gasteiger partial charge is 0.221 e. The first kappa shape index (κ1) is 16.2. The molecule has 0 aliphatic heterocycles. The zero-order valence-electron chi connectivity index (χ0n) is 13.8. The molecule has 2 aromatic rings. The van der Waals surface area contributed by atoms with Crippen molar-refractivity contribution in [2.75, 3.05) is 13.6 Å². The van der Waals surface area contributed by atoms with Gasteiger partial charge in [-0.1, -0.05) is 6.08 Å². The van der Waals surface area contributed by atoms with Crippen molar-refractivity contribution in [1.82, 2.24) is 20.1 Å². The molecule has 2 rings (SSSR count). The number of hydrogen-bond donors (Lipinski definition) is 1. The molecule has 2 aromatic heterocycles. The summed E-state index contributed by atoms with van der Waals surface area (Å²) >= 11 is 0. The number of likely N-dealkylation sites (N-methyl/N-ethyl adjacent to an activating group) is 1. The maximum absolute atomic E-state index is 6.07. The van der Waals surface area contributed by atoms with E-state index in [0.717, 1.165) is 35.8 Å². The minimum absolute atomic E-state index is 0.0508. The number of rotatable bonds is 7. The average Bonchev–Trinajstić information content (AvgIpc) is 2.74. The SMILES string of the molecule is C=CCc1ccnc(-c2c(C)nn(C)c2O[C@@H](C)CNC)c1. The van der Waals surface area contributed by atoms with Crippen molar-refractivity contribution in [3.63, 3.8) is 0 Å². The number of allylic oxidation sites excluding steroid dienone is 1. The summed E-state index contributed by atoms with van der Waals surface area (Å²) in [4.78, 5) is 4.50. The lowest BCUT2D eigenvalue weighted by Gasteiger charge is -2.15. The number of pyridine rings is 1. The molecule has 0 amide bonds. The van der Waals surface area contributed by atoms with Gasteiger partial charge < -0.3 is 10.1 Å². The molecule has 22 heavy (non-hydrogen) atoms. The van der Waals surface area contributed by atoms with Crippen LogP contribution in [0.2, 0.25) is 0 Å². The van der Waals surface area contributed by atoms with Crippen LogP contribution in [-0.4, -0.2) is 34.5 Å². The third-order valence-corrected chi connectivity index (χ3v) is 3.43. The number of nitrogens with zero attached hydrogens (tertiary/aromatic N) is 3. The topological polar surface area (TPSA) is 52.0 Å². The zero-order valence-corrected chi connectivity index (χ0v) is 13.8. The molecular weight excluding hydrogens is 276 g/mol. The van der Waals surface area contributed by atoms with Gasteiger partial charge in [-0.25, -0.2) is 4.68 Å². The van der Waals surface area contributed by atoms with Crippen LogP contribution in [0.1, 0.15) is 18.2 Å². The molecule has 0 spiro atoms. The Bertz CT molecular complexity index is 648. The first-order chi connectivity index (χ1) is 10.6. The molecule has 0 aromatic carbocycles. The van der Waals surface area contributed by atoms with E-state index in [1.807, 2.05) is 46.3 Å². The van der Waals surface area contributed by atoms with E-state index >= 15 is 0 Å². The third-order valence-electron chi connectivity index (χ3n) is 3.43. The van der Waals surface area contributed by atoms with Crippen LogP contribution in [0.4, 0.5) is 0 Å². The normalized spacial score (nSPS) is 12.2. The molecule has 118 valence electrons. The van der Waals surface area contributed by atoms with Crippen molar-refractivity contribution < 1.29 is 4.74 Å². The standard InChI is InChI=1S/C17H24N4O/c1-6-7-14-8-9-19-15(10-14)16-13(3)20-21(5)17(16)22-12(2)11-18-4/h6,8-10,12,18H,1,7,11H2,2-5H3/t12-/m0/s1. The quantitative estimate of drug-likeness (QED) is 0.798. The number of aromatic nitrogens is 3. The van der Waals surface area contributed by atoms with Crippen LogP contribution in [0.25, 0.3) is 11.3 Å². The van der Waals surface area contributed by atoms with Gasteiger partial charge in [-0.05, 0) is 45.0 Å². The highest BCUT2D eigenvalue weighted by atomic mass is 16.5. The maximum atomic E-state index is 6.07. The van der Waals surface area contributed by atoms with Crippen LogP contribution < -0.4 is 10.1 Å². The molecule has 0 unspecified atom stereocenters. The minimum atomic E-state index is 0.0508. The first-order valence-corrected chi connectivity index (χ1v) is 7.47. The lowest BCUT2D eigenvalue weighted by molar-refractivity contribution is 0.203. The fraction of sp³-hybridized carbons (Fsp3) is 0.412. The zero-order chi connectivity index (χ0) is 16.1. The highest BCUT2D eigenvalue weighted by Gasteiger charge is 2.19. The van der Waals surface area contributed by atoms with E-state index in [1.54, 1.807) is 4.68 Å². The van der Waals surface area contributed by atoms with E-state index < -0.39 is 0 Å². The first-order valence-electron chi connectivity index (χ1n) is 7.47. The Morgan fingerprint density at radius 3 is 2.95 bits per heavy atom. The Morgan fingerprint density at radius 1 is 1.50 bits per heavy atom. The Kier molecular flexibility index (Phi) is 5.33. The van der Waals surface area contributed by atoms with Gasteiger partial charge in [0.2, 0.25) is 5.88 Å². The van der Waals surface area contributed by atoms with Crippen LogP contribution in [0.3, 0.4) is 0 Å². The van der Waals surface area contributed by atoms with Crippen molar-refractivity contribution in [2.24, 2.45) is 7.05 Å². The summed E-state index contributed by atoms with van der Waals surface area (Å²) in [6.07, 6.45) is 4.58. The van der Waals surface area contributed by atoms with E-state index in [9.17, 15) is 0 Å². The van der Waals surface area contributed by atoms with Gasteiger partial charge in [0.05, 0.1) is 17.0 Å². The summed E-state index contributed by atoms with van der Waals surface area (Å²) in [6, 6.07) is 4.07. The number of nitrogens with one attached hydrogen (secondary N) is 1. The number of aryl methyl sites for hydroxylation is 2. The fourth-order valence-corrected chi connectivity index (χ4v) is 2.49. The van der Waals surface area contributed by atoms with Crippen LogP contribution >= 0.6 is 0 Å². The minimum Gasteiger partial charge on any atom is -0.473 e. The van der Waals surface area contributed by atoms with Gasteiger partial charge in [-0.2, -0.15) is 5.10 Å². The highest BCUT2D eigenvalue weighted by Crippen LogP contribution is 2.32. The van der Waals surface area contributed by atoms with E-state index in [2.05, 4.69) is 28.0 Å². The van der Waals surface area contributed by atoms with E-state index in [1.165, 1.54) is 5.56 Å². The summed E-state index contributed by atoms with van der Waals surface area (Å²) in [5, 5.41) is 7.61. The van der Waals surface area contributed by atoms with Gasteiger partial charge in [0.1, 0.15) is 6.10 Å². The molecule has 1 N–H and O–H groups in total. The van der Waals surface area contributed by atoms with Gasteiger partial charge in [0.25, 0.3) is 0 Å². The van der Waals surface area contributed by atoms with Crippen molar-refractivity contribution in [2.45, 2.75) is 26.4 Å². The maximum Gasteiger partial charge on any atom is 0.221 e. The second-order valence-corrected chi connectivity index (χ2v) is 5.42. The van der Waals surface area contributed by atoms with Crippen molar-refractivity contribution >= 4 is 0 Å². The van der Waals surface area contributed by atoms with Crippen molar-refractivity contribution in [3.8, 4) is 17.1 Å². The predicted octanol–water partition coefficient (Wildman–Crippen LogP) is 2.51. The molecular formula is C17H24N4O. The lowest BCUT2D eigenvalue weighted by Crippen LogP contribution is -2.27. The van der Waals surface area contributed by atoms with Crippen molar-refractivity contribution in [1.29, 1.82) is 0 Å². The molecule has 2 heterocycles. The summed E-state index contributed by atoms with van der Waals surface area (Å²) in [7, 11) is 3.81. The monoisotopic (exact) mass is 300 g/mol. The molecule has 0 saturated carbocycles. The molecule has 0 fully saturated rings. The largest absolute Gasteiger partial charge is 0.473 e. The Morgan fingerprint density at radius 2 is 2.27 bits per heavy atom. The van der Waals surface area contributed by atoms with Crippen molar-refractivity contribution in [3.05, 3.63) is 42.2 Å². The fourth-order valence-electron chi connectivity index (χ4n) is 2.49.